The predicted octanol–water partition coefficient (Wildman–Crippen LogP) is 3.26. The van der Waals surface area contributed by atoms with Crippen LogP contribution in [0.3, 0.4) is 0 Å². The number of nitrogens with one attached hydrogen (secondary N) is 1. The third-order valence-corrected chi connectivity index (χ3v) is 6.18. The van der Waals surface area contributed by atoms with Crippen molar-refractivity contribution in [2.24, 2.45) is 0 Å². The minimum absolute atomic E-state index is 0.0579. The van der Waals surface area contributed by atoms with Gasteiger partial charge in [0.15, 0.2) is 0 Å². The van der Waals surface area contributed by atoms with Crippen LogP contribution in [-0.4, -0.2) is 44.4 Å². The number of carbonyl (C=O) groups is 1. The molecule has 2 aromatic carbocycles. The summed E-state index contributed by atoms with van der Waals surface area (Å²) in [6.45, 7) is 5.92. The average Bonchev–Trinajstić information content (AvgIpc) is 2.69. The smallest absolute Gasteiger partial charge is 0.243 e. The lowest BCUT2D eigenvalue weighted by atomic mass is 10.2. The number of carbonyl (C=O) groups excluding carboxylic acids is 1. The number of aryl methyl sites for hydroxylation is 1. The van der Waals surface area contributed by atoms with E-state index in [4.69, 9.17) is 4.74 Å². The number of ether oxygens (including phenoxy) is 1. The van der Waals surface area contributed by atoms with Crippen LogP contribution in [0, 0.1) is 12.7 Å². The molecule has 0 bridgehead atoms. The maximum atomic E-state index is 14.1. The zero-order valence-corrected chi connectivity index (χ0v) is 18.4. The second kappa shape index (κ2) is 11.2. The predicted molar refractivity (Wildman–Crippen MR) is 114 cm³/mol. The number of halogens is 1. The van der Waals surface area contributed by atoms with Crippen LogP contribution >= 0.6 is 0 Å². The number of hydrogen-bond acceptors (Lipinski definition) is 4. The Morgan fingerprint density at radius 1 is 1.13 bits per heavy atom. The fourth-order valence-corrected chi connectivity index (χ4v) is 4.11. The topological polar surface area (TPSA) is 75.7 Å². The molecule has 164 valence electrons. The van der Waals surface area contributed by atoms with Crippen LogP contribution in [0.2, 0.25) is 0 Å². The van der Waals surface area contributed by atoms with Crippen LogP contribution in [0.25, 0.3) is 0 Å². The van der Waals surface area contributed by atoms with E-state index >= 15 is 0 Å². The fourth-order valence-electron chi connectivity index (χ4n) is 2.74. The van der Waals surface area contributed by atoms with Crippen LogP contribution in [0.15, 0.2) is 53.4 Å². The SMILES string of the molecule is Cc1ccc(S(=O)(=O)N(CC(=O)NCCCOC(C)C)Cc2ccccc2F)cc1. The molecule has 1 N–H and O–H groups in total. The Balaban J connectivity index is 2.14. The molecule has 30 heavy (non-hydrogen) atoms. The third kappa shape index (κ3) is 7.19. The minimum Gasteiger partial charge on any atom is -0.379 e. The van der Waals surface area contributed by atoms with Gasteiger partial charge in [0.25, 0.3) is 0 Å². The number of nitrogens with zero attached hydrogens (tertiary/aromatic N) is 1. The van der Waals surface area contributed by atoms with Crippen LogP contribution in [0.5, 0.6) is 0 Å². The molecule has 8 heteroatoms. The van der Waals surface area contributed by atoms with Crippen molar-refractivity contribution in [2.45, 2.75) is 44.7 Å². The van der Waals surface area contributed by atoms with Crippen molar-refractivity contribution in [3.8, 4) is 0 Å². The first-order valence-electron chi connectivity index (χ1n) is 9.88. The van der Waals surface area contributed by atoms with E-state index in [1.54, 1.807) is 18.2 Å². The van der Waals surface area contributed by atoms with Crippen molar-refractivity contribution in [3.05, 3.63) is 65.5 Å². The highest BCUT2D eigenvalue weighted by Crippen LogP contribution is 2.20. The summed E-state index contributed by atoms with van der Waals surface area (Å²) >= 11 is 0. The maximum absolute atomic E-state index is 14.1. The Morgan fingerprint density at radius 2 is 1.80 bits per heavy atom. The second-order valence-corrected chi connectivity index (χ2v) is 9.24. The molecule has 6 nitrogen and oxygen atoms in total. The monoisotopic (exact) mass is 436 g/mol. The Labute approximate surface area is 178 Å². The molecule has 0 saturated carbocycles. The van der Waals surface area contributed by atoms with E-state index in [2.05, 4.69) is 5.32 Å². The number of benzene rings is 2. The van der Waals surface area contributed by atoms with Gasteiger partial charge in [0.2, 0.25) is 15.9 Å². The summed E-state index contributed by atoms with van der Waals surface area (Å²) in [5, 5.41) is 2.70. The largest absolute Gasteiger partial charge is 0.379 e. The van der Waals surface area contributed by atoms with Gasteiger partial charge in [-0.3, -0.25) is 4.79 Å². The Kier molecular flexibility index (Phi) is 8.95. The van der Waals surface area contributed by atoms with E-state index in [0.717, 1.165) is 9.87 Å². The van der Waals surface area contributed by atoms with Gasteiger partial charge in [-0.15, -0.1) is 0 Å². The Hall–Kier alpha value is -2.29. The van der Waals surface area contributed by atoms with Gasteiger partial charge in [0.1, 0.15) is 5.82 Å². The number of amides is 1. The van der Waals surface area contributed by atoms with Crippen LogP contribution < -0.4 is 5.32 Å². The van der Waals surface area contributed by atoms with Crippen LogP contribution in [-0.2, 0) is 26.1 Å². The first kappa shape index (κ1) is 24.0. The fraction of sp³-hybridized carbons (Fsp3) is 0.409. The zero-order valence-electron chi connectivity index (χ0n) is 17.6. The van der Waals surface area contributed by atoms with Gasteiger partial charge in [-0.05, 0) is 45.4 Å². The molecular weight excluding hydrogens is 407 g/mol. The molecule has 0 aliphatic rings. The van der Waals surface area contributed by atoms with Crippen LogP contribution in [0.4, 0.5) is 4.39 Å². The van der Waals surface area contributed by atoms with E-state index < -0.39 is 28.3 Å². The first-order valence-corrected chi connectivity index (χ1v) is 11.3. The van der Waals surface area contributed by atoms with Gasteiger partial charge >= 0.3 is 0 Å². The summed E-state index contributed by atoms with van der Waals surface area (Å²) in [7, 11) is -3.99. The summed E-state index contributed by atoms with van der Waals surface area (Å²) in [6, 6.07) is 12.3. The van der Waals surface area contributed by atoms with Gasteiger partial charge in [0, 0.05) is 25.3 Å². The van der Waals surface area contributed by atoms with Crippen molar-refractivity contribution in [3.63, 3.8) is 0 Å². The van der Waals surface area contributed by atoms with Crippen molar-refractivity contribution in [2.75, 3.05) is 19.7 Å². The van der Waals surface area contributed by atoms with E-state index in [0.29, 0.717) is 19.6 Å². The molecular formula is C22H29FN2O4S. The summed E-state index contributed by atoms with van der Waals surface area (Å²) in [5.74, 6) is -0.973. The molecule has 0 unspecified atom stereocenters. The average molecular weight is 437 g/mol. The van der Waals surface area contributed by atoms with Gasteiger partial charge in [-0.2, -0.15) is 4.31 Å². The Morgan fingerprint density at radius 3 is 2.43 bits per heavy atom. The van der Waals surface area contributed by atoms with Gasteiger partial charge < -0.3 is 10.1 Å². The molecule has 0 aliphatic carbocycles. The summed E-state index contributed by atoms with van der Waals surface area (Å²) in [6.07, 6.45) is 0.721. The van der Waals surface area contributed by atoms with E-state index in [1.807, 2.05) is 20.8 Å². The van der Waals surface area contributed by atoms with Crippen molar-refractivity contribution < 1.29 is 22.3 Å². The normalized spacial score (nSPS) is 11.8. The van der Waals surface area contributed by atoms with Crippen molar-refractivity contribution in [1.82, 2.24) is 9.62 Å². The standard InChI is InChI=1S/C22H29FN2O4S/c1-17(2)29-14-6-13-24-22(26)16-25(15-19-7-4-5-8-21(19)23)30(27,28)20-11-9-18(3)10-12-20/h4-5,7-12,17H,6,13-16H2,1-3H3,(H,24,26). The molecule has 0 saturated heterocycles. The van der Waals surface area contributed by atoms with Crippen molar-refractivity contribution in [1.29, 1.82) is 0 Å². The third-order valence-electron chi connectivity index (χ3n) is 4.38. The van der Waals surface area contributed by atoms with E-state index in [-0.39, 0.29) is 23.1 Å². The highest BCUT2D eigenvalue weighted by Gasteiger charge is 2.27. The Bertz CT molecular complexity index is 930. The lowest BCUT2D eigenvalue weighted by molar-refractivity contribution is -0.121. The van der Waals surface area contributed by atoms with E-state index in [9.17, 15) is 17.6 Å². The molecule has 0 heterocycles. The summed E-state index contributed by atoms with van der Waals surface area (Å²) < 4.78 is 46.9. The molecule has 0 aromatic heterocycles. The van der Waals surface area contributed by atoms with Gasteiger partial charge in [0.05, 0.1) is 17.5 Å². The zero-order chi connectivity index (χ0) is 22.1. The molecule has 0 radical (unpaired) electrons. The van der Waals surface area contributed by atoms with Gasteiger partial charge in [-0.1, -0.05) is 35.9 Å². The van der Waals surface area contributed by atoms with E-state index in [1.165, 1.54) is 30.3 Å². The second-order valence-electron chi connectivity index (χ2n) is 7.30. The highest BCUT2D eigenvalue weighted by molar-refractivity contribution is 7.89. The van der Waals surface area contributed by atoms with Gasteiger partial charge in [-0.25, -0.2) is 12.8 Å². The lowest BCUT2D eigenvalue weighted by Crippen LogP contribution is -2.40. The molecule has 1 amide bonds. The highest BCUT2D eigenvalue weighted by atomic mass is 32.2. The lowest BCUT2D eigenvalue weighted by Gasteiger charge is -2.22. The maximum Gasteiger partial charge on any atom is 0.243 e. The first-order chi connectivity index (χ1) is 14.2. The summed E-state index contributed by atoms with van der Waals surface area (Å²) in [4.78, 5) is 12.5. The van der Waals surface area contributed by atoms with Crippen LogP contribution in [0.1, 0.15) is 31.4 Å². The molecule has 0 atom stereocenters. The molecule has 2 aromatic rings. The molecule has 2 rings (SSSR count). The molecule has 0 aliphatic heterocycles. The number of sulfonamides is 1. The number of rotatable bonds is 11. The quantitative estimate of drug-likeness (QED) is 0.549. The van der Waals surface area contributed by atoms with Crippen molar-refractivity contribution >= 4 is 15.9 Å². The molecule has 0 spiro atoms. The summed E-state index contributed by atoms with van der Waals surface area (Å²) in [5.41, 5.74) is 1.11. The molecule has 0 fully saturated rings. The minimum atomic E-state index is -3.99. The number of hydrogen-bond donors (Lipinski definition) is 1.